The molecule has 0 N–H and O–H groups in total. The molecule has 4 aliphatic rings. The first-order valence-electron chi connectivity index (χ1n) is 9.21. The lowest BCUT2D eigenvalue weighted by atomic mass is 9.49. The average molecular weight is 343 g/mol. The molecule has 0 atom stereocenters. The normalized spacial score (nSPS) is 34.0. The molecule has 0 aliphatic heterocycles. The smallest absolute Gasteiger partial charge is 0.220 e. The van der Waals surface area contributed by atoms with Gasteiger partial charge in [0, 0.05) is 11.4 Å². The Balaban J connectivity index is 1.30. The van der Waals surface area contributed by atoms with Crippen LogP contribution in [0.1, 0.15) is 55.9 Å². The molecule has 0 spiro atoms. The van der Waals surface area contributed by atoms with Gasteiger partial charge in [0.25, 0.3) is 0 Å². The van der Waals surface area contributed by atoms with Gasteiger partial charge in [0.05, 0.1) is 6.42 Å². The second-order valence-corrected chi connectivity index (χ2v) is 8.92. The third-order valence-corrected chi connectivity index (χ3v) is 6.72. The zero-order chi connectivity index (χ0) is 16.1. The van der Waals surface area contributed by atoms with Crippen LogP contribution in [0, 0.1) is 23.2 Å². The highest BCUT2D eigenvalue weighted by Gasteiger charge is 2.51. The Morgan fingerprint density at radius 2 is 1.50 bits per heavy atom. The molecule has 4 fully saturated rings. The molecule has 126 valence electrons. The number of rotatable bonds is 4. The minimum Gasteiger partial charge on any atom is -0.425 e. The Morgan fingerprint density at radius 1 is 0.917 bits per heavy atom. The van der Waals surface area contributed by atoms with E-state index >= 15 is 0 Å². The maximum absolute atomic E-state index is 6.00. The van der Waals surface area contributed by atoms with Crippen molar-refractivity contribution in [3.05, 3.63) is 46.6 Å². The quantitative estimate of drug-likeness (QED) is 0.778. The van der Waals surface area contributed by atoms with E-state index in [0.717, 1.165) is 46.5 Å². The SMILES string of the molecule is Clc1ccc(Cc2nnc(CC34CC5CC(CC(C5)C3)C4)o2)cc1. The van der Waals surface area contributed by atoms with Gasteiger partial charge in [0.2, 0.25) is 11.8 Å². The Hall–Kier alpha value is -1.35. The summed E-state index contributed by atoms with van der Waals surface area (Å²) in [5.41, 5.74) is 1.61. The molecule has 0 radical (unpaired) electrons. The molecule has 4 saturated carbocycles. The summed E-state index contributed by atoms with van der Waals surface area (Å²) in [6, 6.07) is 7.85. The van der Waals surface area contributed by atoms with E-state index < -0.39 is 0 Å². The van der Waals surface area contributed by atoms with Crippen molar-refractivity contribution in [2.45, 2.75) is 51.4 Å². The lowest BCUT2D eigenvalue weighted by Gasteiger charge is -2.56. The van der Waals surface area contributed by atoms with Crippen molar-refractivity contribution in [2.24, 2.45) is 23.2 Å². The van der Waals surface area contributed by atoms with Crippen LogP contribution in [0.25, 0.3) is 0 Å². The van der Waals surface area contributed by atoms with E-state index in [-0.39, 0.29) is 0 Å². The summed E-state index contributed by atoms with van der Waals surface area (Å²) in [5, 5.41) is 9.40. The predicted molar refractivity (Wildman–Crippen MR) is 92.9 cm³/mol. The number of aromatic nitrogens is 2. The summed E-state index contributed by atoms with van der Waals surface area (Å²) in [6.07, 6.45) is 10.3. The molecule has 2 aromatic rings. The van der Waals surface area contributed by atoms with E-state index in [1.54, 1.807) is 0 Å². The Bertz CT molecular complexity index is 701. The fourth-order valence-corrected chi connectivity index (χ4v) is 6.16. The first kappa shape index (κ1) is 14.9. The predicted octanol–water partition coefficient (Wildman–Crippen LogP) is 5.07. The zero-order valence-electron chi connectivity index (χ0n) is 13.9. The van der Waals surface area contributed by atoms with Crippen molar-refractivity contribution in [1.82, 2.24) is 10.2 Å². The van der Waals surface area contributed by atoms with Crippen molar-refractivity contribution >= 4 is 11.6 Å². The molecular formula is C20H23ClN2O. The molecule has 3 nitrogen and oxygen atoms in total. The summed E-state index contributed by atoms with van der Waals surface area (Å²) < 4.78 is 6.00. The molecule has 4 aliphatic carbocycles. The molecule has 1 heterocycles. The summed E-state index contributed by atoms with van der Waals surface area (Å²) in [7, 11) is 0. The maximum atomic E-state index is 6.00. The number of hydrogen-bond donors (Lipinski definition) is 0. The van der Waals surface area contributed by atoms with Gasteiger partial charge in [-0.2, -0.15) is 0 Å². The van der Waals surface area contributed by atoms with Crippen LogP contribution in [0.2, 0.25) is 5.02 Å². The zero-order valence-corrected chi connectivity index (χ0v) is 14.6. The van der Waals surface area contributed by atoms with Crippen LogP contribution in [-0.2, 0) is 12.8 Å². The molecule has 4 bridgehead atoms. The van der Waals surface area contributed by atoms with Crippen molar-refractivity contribution in [3.8, 4) is 0 Å². The van der Waals surface area contributed by atoms with E-state index in [1.807, 2.05) is 24.3 Å². The first-order chi connectivity index (χ1) is 11.7. The van der Waals surface area contributed by atoms with Crippen LogP contribution >= 0.6 is 11.6 Å². The monoisotopic (exact) mass is 342 g/mol. The van der Waals surface area contributed by atoms with Gasteiger partial charge >= 0.3 is 0 Å². The Kier molecular flexibility index (Phi) is 3.48. The van der Waals surface area contributed by atoms with Gasteiger partial charge < -0.3 is 4.42 Å². The van der Waals surface area contributed by atoms with E-state index in [2.05, 4.69) is 10.2 Å². The average Bonchev–Trinajstić information content (AvgIpc) is 2.94. The van der Waals surface area contributed by atoms with Crippen LogP contribution in [0.3, 0.4) is 0 Å². The highest BCUT2D eigenvalue weighted by atomic mass is 35.5. The largest absolute Gasteiger partial charge is 0.425 e. The van der Waals surface area contributed by atoms with Crippen molar-refractivity contribution in [1.29, 1.82) is 0 Å². The standard InChI is InChI=1S/C20H23ClN2O/c21-17-3-1-13(2-4-17)8-18-22-23-19(24-18)12-20-9-14-5-15(10-20)7-16(6-14)11-20/h1-4,14-16H,5-12H2. The second kappa shape index (κ2) is 5.59. The van der Waals surface area contributed by atoms with Gasteiger partial charge in [-0.15, -0.1) is 10.2 Å². The first-order valence-corrected chi connectivity index (χ1v) is 9.59. The van der Waals surface area contributed by atoms with Crippen molar-refractivity contribution < 1.29 is 4.42 Å². The molecule has 0 saturated heterocycles. The van der Waals surface area contributed by atoms with Gasteiger partial charge in [-0.25, -0.2) is 0 Å². The van der Waals surface area contributed by atoms with Crippen LogP contribution in [0.5, 0.6) is 0 Å². The highest BCUT2D eigenvalue weighted by Crippen LogP contribution is 2.60. The van der Waals surface area contributed by atoms with E-state index in [9.17, 15) is 0 Å². The molecule has 24 heavy (non-hydrogen) atoms. The number of halogens is 1. The molecule has 1 aromatic carbocycles. The van der Waals surface area contributed by atoms with Gasteiger partial charge in [0.1, 0.15) is 0 Å². The van der Waals surface area contributed by atoms with Crippen LogP contribution in [-0.4, -0.2) is 10.2 Å². The minimum absolute atomic E-state index is 0.457. The van der Waals surface area contributed by atoms with E-state index in [1.165, 1.54) is 38.5 Å². The van der Waals surface area contributed by atoms with E-state index in [4.69, 9.17) is 16.0 Å². The summed E-state index contributed by atoms with van der Waals surface area (Å²) in [6.45, 7) is 0. The van der Waals surface area contributed by atoms with Crippen molar-refractivity contribution in [2.75, 3.05) is 0 Å². The fraction of sp³-hybridized carbons (Fsp3) is 0.600. The summed E-state index contributed by atoms with van der Waals surface area (Å²) in [4.78, 5) is 0. The Morgan fingerprint density at radius 3 is 2.12 bits per heavy atom. The maximum Gasteiger partial charge on any atom is 0.220 e. The van der Waals surface area contributed by atoms with Crippen molar-refractivity contribution in [3.63, 3.8) is 0 Å². The molecule has 6 rings (SSSR count). The third kappa shape index (κ3) is 2.77. The van der Waals surface area contributed by atoms with Crippen LogP contribution < -0.4 is 0 Å². The van der Waals surface area contributed by atoms with Crippen LogP contribution in [0.15, 0.2) is 28.7 Å². The number of benzene rings is 1. The lowest BCUT2D eigenvalue weighted by molar-refractivity contribution is -0.0551. The molecule has 0 amide bonds. The van der Waals surface area contributed by atoms with Gasteiger partial charge in [0.15, 0.2) is 0 Å². The lowest BCUT2D eigenvalue weighted by Crippen LogP contribution is -2.47. The fourth-order valence-electron chi connectivity index (χ4n) is 6.04. The molecule has 0 unspecified atom stereocenters. The van der Waals surface area contributed by atoms with Gasteiger partial charge in [-0.05, 0) is 79.4 Å². The summed E-state index contributed by atoms with van der Waals surface area (Å²) >= 11 is 5.94. The number of nitrogens with zero attached hydrogens (tertiary/aromatic N) is 2. The minimum atomic E-state index is 0.457. The Labute approximate surface area is 147 Å². The second-order valence-electron chi connectivity index (χ2n) is 8.49. The molecule has 1 aromatic heterocycles. The highest BCUT2D eigenvalue weighted by molar-refractivity contribution is 6.30. The van der Waals surface area contributed by atoms with Gasteiger partial charge in [-0.1, -0.05) is 23.7 Å². The third-order valence-electron chi connectivity index (χ3n) is 6.47. The van der Waals surface area contributed by atoms with Gasteiger partial charge in [-0.3, -0.25) is 0 Å². The summed E-state index contributed by atoms with van der Waals surface area (Å²) in [5.74, 6) is 4.46. The topological polar surface area (TPSA) is 38.9 Å². The van der Waals surface area contributed by atoms with E-state index in [0.29, 0.717) is 11.8 Å². The molecular weight excluding hydrogens is 320 g/mol. The number of hydrogen-bond acceptors (Lipinski definition) is 3. The molecule has 4 heteroatoms. The van der Waals surface area contributed by atoms with Crippen LogP contribution in [0.4, 0.5) is 0 Å².